The van der Waals surface area contributed by atoms with Gasteiger partial charge in [-0.15, -0.1) is 0 Å². The second kappa shape index (κ2) is 11.5. The maximum absolute atomic E-state index is 12.4. The van der Waals surface area contributed by atoms with Crippen LogP contribution in [0.2, 0.25) is 0 Å². The zero-order chi connectivity index (χ0) is 22.1. The van der Waals surface area contributed by atoms with Crippen molar-refractivity contribution >= 4 is 11.8 Å². The third kappa shape index (κ3) is 6.79. The van der Waals surface area contributed by atoms with E-state index in [-0.39, 0.29) is 17.9 Å². The van der Waals surface area contributed by atoms with Gasteiger partial charge in [-0.25, -0.2) is 0 Å². The topological polar surface area (TPSA) is 80.8 Å². The Hall–Kier alpha value is -2.93. The number of benzene rings is 1. The van der Waals surface area contributed by atoms with Gasteiger partial charge in [0.05, 0.1) is 13.0 Å². The number of piperidine rings is 1. The fourth-order valence-corrected chi connectivity index (χ4v) is 3.62. The van der Waals surface area contributed by atoms with Crippen LogP contribution in [0.5, 0.6) is 5.75 Å². The van der Waals surface area contributed by atoms with Gasteiger partial charge in [0.25, 0.3) is 5.91 Å². The van der Waals surface area contributed by atoms with Gasteiger partial charge in [-0.2, -0.15) is 0 Å². The molecule has 1 aromatic heterocycles. The average molecular weight is 426 g/mol. The maximum atomic E-state index is 12.4. The molecule has 1 aromatic carbocycles. The van der Waals surface area contributed by atoms with Crippen molar-refractivity contribution in [2.24, 2.45) is 0 Å². The lowest BCUT2D eigenvalue weighted by molar-refractivity contribution is -0.133. The van der Waals surface area contributed by atoms with Crippen LogP contribution in [0.4, 0.5) is 0 Å². The van der Waals surface area contributed by atoms with Crippen molar-refractivity contribution in [3.8, 4) is 5.75 Å². The van der Waals surface area contributed by atoms with Crippen LogP contribution in [0.1, 0.15) is 40.9 Å². The minimum absolute atomic E-state index is 0.0766. The number of methoxy groups -OCH3 is 1. The molecule has 1 N–H and O–H groups in total. The molecule has 7 nitrogen and oxygen atoms in total. The van der Waals surface area contributed by atoms with E-state index >= 15 is 0 Å². The normalized spacial score (nSPS) is 14.3. The first kappa shape index (κ1) is 22.7. The van der Waals surface area contributed by atoms with E-state index in [1.807, 2.05) is 36.1 Å². The molecule has 2 aromatic rings. The lowest BCUT2D eigenvalue weighted by atomic mass is 10.1. The van der Waals surface area contributed by atoms with Crippen LogP contribution in [-0.4, -0.2) is 61.2 Å². The molecule has 0 atom stereocenters. The van der Waals surface area contributed by atoms with Crippen LogP contribution in [0.15, 0.2) is 42.6 Å². The number of aromatic nitrogens is 1. The fraction of sp³-hybridized carbons (Fsp3) is 0.458. The number of nitrogens with zero attached hydrogens (tertiary/aromatic N) is 2. The van der Waals surface area contributed by atoms with E-state index in [1.165, 1.54) is 0 Å². The number of nitrogens with one attached hydrogen (secondary N) is 1. The Morgan fingerprint density at radius 2 is 1.90 bits per heavy atom. The summed E-state index contributed by atoms with van der Waals surface area (Å²) in [4.78, 5) is 30.7. The third-order valence-corrected chi connectivity index (χ3v) is 5.50. The number of carbonyl (C=O) groups is 2. The number of rotatable bonds is 9. The Balaban J connectivity index is 1.41. The summed E-state index contributed by atoms with van der Waals surface area (Å²) in [5, 5.41) is 2.94. The van der Waals surface area contributed by atoms with Crippen LogP contribution in [0.3, 0.4) is 0 Å². The number of hydrogen-bond acceptors (Lipinski definition) is 5. The van der Waals surface area contributed by atoms with Gasteiger partial charge >= 0.3 is 0 Å². The number of carbonyl (C=O) groups excluding carboxylic acids is 2. The van der Waals surface area contributed by atoms with E-state index in [1.54, 1.807) is 25.4 Å². The molecule has 31 heavy (non-hydrogen) atoms. The zero-order valence-corrected chi connectivity index (χ0v) is 18.3. The molecule has 0 spiro atoms. The molecular formula is C24H31N3O4. The highest BCUT2D eigenvalue weighted by Crippen LogP contribution is 2.20. The Kier molecular flexibility index (Phi) is 8.41. The Labute approximate surface area is 183 Å². The van der Waals surface area contributed by atoms with Crippen LogP contribution >= 0.6 is 0 Å². The van der Waals surface area contributed by atoms with E-state index in [0.29, 0.717) is 44.6 Å². The molecule has 166 valence electrons. The van der Waals surface area contributed by atoms with Gasteiger partial charge in [0.2, 0.25) is 5.91 Å². The molecular weight excluding hydrogens is 394 g/mol. The van der Waals surface area contributed by atoms with E-state index in [4.69, 9.17) is 9.47 Å². The third-order valence-electron chi connectivity index (χ3n) is 5.50. The second-order valence-electron chi connectivity index (χ2n) is 7.74. The van der Waals surface area contributed by atoms with Crippen LogP contribution in [-0.2, 0) is 16.0 Å². The smallest absolute Gasteiger partial charge is 0.251 e. The van der Waals surface area contributed by atoms with Crippen molar-refractivity contribution in [2.75, 3.05) is 33.4 Å². The molecule has 7 heteroatoms. The van der Waals surface area contributed by atoms with Gasteiger partial charge in [-0.1, -0.05) is 6.07 Å². The first-order valence-corrected chi connectivity index (χ1v) is 10.8. The lowest BCUT2D eigenvalue weighted by Crippen LogP contribution is -2.42. The molecule has 0 radical (unpaired) electrons. The Bertz CT molecular complexity index is 861. The summed E-state index contributed by atoms with van der Waals surface area (Å²) < 4.78 is 11.0. The van der Waals surface area contributed by atoms with Gasteiger partial charge in [-0.05, 0) is 42.8 Å². The largest absolute Gasteiger partial charge is 0.490 e. The highest BCUT2D eigenvalue weighted by atomic mass is 16.5. The van der Waals surface area contributed by atoms with Crippen LogP contribution < -0.4 is 10.1 Å². The number of ether oxygens (including phenoxy) is 2. The van der Waals surface area contributed by atoms with Crippen molar-refractivity contribution in [3.63, 3.8) is 0 Å². The molecule has 0 saturated carbocycles. The molecule has 0 bridgehead atoms. The van der Waals surface area contributed by atoms with Crippen molar-refractivity contribution in [1.29, 1.82) is 0 Å². The summed E-state index contributed by atoms with van der Waals surface area (Å²) in [5.74, 6) is 0.765. The second-order valence-corrected chi connectivity index (χ2v) is 7.74. The van der Waals surface area contributed by atoms with Crippen molar-refractivity contribution in [3.05, 3.63) is 59.4 Å². The predicted octanol–water partition coefficient (Wildman–Crippen LogP) is 2.77. The van der Waals surface area contributed by atoms with Crippen molar-refractivity contribution in [1.82, 2.24) is 15.2 Å². The van der Waals surface area contributed by atoms with Crippen LogP contribution in [0, 0.1) is 6.92 Å². The standard InChI is InChI=1S/C24H31N3O4/c1-18-4-3-13-25-22(18)9-14-26-24(29)19-5-7-20(8-6-19)31-21-10-15-27(16-11-21)23(28)12-17-30-2/h3-8,13,21H,9-12,14-17H2,1-2H3,(H,26,29). The van der Waals surface area contributed by atoms with Gasteiger partial charge in [0, 0.05) is 63.5 Å². The SMILES string of the molecule is COCCC(=O)N1CCC(Oc2ccc(C(=O)NCCc3ncccc3C)cc2)CC1. The van der Waals surface area contributed by atoms with E-state index in [9.17, 15) is 9.59 Å². The quantitative estimate of drug-likeness (QED) is 0.668. The molecule has 1 aliphatic rings. The zero-order valence-electron chi connectivity index (χ0n) is 18.3. The summed E-state index contributed by atoms with van der Waals surface area (Å²) in [7, 11) is 1.60. The highest BCUT2D eigenvalue weighted by molar-refractivity contribution is 5.94. The first-order chi connectivity index (χ1) is 15.1. The average Bonchev–Trinajstić information content (AvgIpc) is 2.79. The van der Waals surface area contributed by atoms with Gasteiger partial charge in [-0.3, -0.25) is 14.6 Å². The maximum Gasteiger partial charge on any atom is 0.251 e. The fourth-order valence-electron chi connectivity index (χ4n) is 3.62. The highest BCUT2D eigenvalue weighted by Gasteiger charge is 2.23. The van der Waals surface area contributed by atoms with Gasteiger partial charge in [0.15, 0.2) is 0 Å². The van der Waals surface area contributed by atoms with E-state index < -0.39 is 0 Å². The summed E-state index contributed by atoms with van der Waals surface area (Å²) in [6.45, 7) is 4.41. The molecule has 1 saturated heterocycles. The number of aryl methyl sites for hydroxylation is 1. The molecule has 1 aliphatic heterocycles. The molecule has 1 fully saturated rings. The summed E-state index contributed by atoms with van der Waals surface area (Å²) in [6, 6.07) is 11.1. The van der Waals surface area contributed by atoms with E-state index in [2.05, 4.69) is 10.3 Å². The number of pyridine rings is 1. The van der Waals surface area contributed by atoms with Crippen molar-refractivity contribution in [2.45, 2.75) is 38.7 Å². The van der Waals surface area contributed by atoms with Gasteiger partial charge in [0.1, 0.15) is 11.9 Å². The summed E-state index contributed by atoms with van der Waals surface area (Å²) in [6.07, 6.45) is 4.57. The number of amides is 2. The number of hydrogen-bond donors (Lipinski definition) is 1. The molecule has 0 aliphatic carbocycles. The van der Waals surface area contributed by atoms with Crippen LogP contribution in [0.25, 0.3) is 0 Å². The monoisotopic (exact) mass is 425 g/mol. The summed E-state index contributed by atoms with van der Waals surface area (Å²) in [5.41, 5.74) is 2.73. The van der Waals surface area contributed by atoms with Crippen molar-refractivity contribution < 1.29 is 19.1 Å². The Morgan fingerprint density at radius 3 is 2.58 bits per heavy atom. The van der Waals surface area contributed by atoms with Gasteiger partial charge < -0.3 is 19.7 Å². The molecule has 2 heterocycles. The minimum atomic E-state index is -0.108. The minimum Gasteiger partial charge on any atom is -0.490 e. The summed E-state index contributed by atoms with van der Waals surface area (Å²) >= 11 is 0. The lowest BCUT2D eigenvalue weighted by Gasteiger charge is -2.32. The molecule has 2 amide bonds. The Morgan fingerprint density at radius 1 is 1.16 bits per heavy atom. The molecule has 0 unspecified atom stereocenters. The number of likely N-dealkylation sites (tertiary alicyclic amines) is 1. The molecule has 3 rings (SSSR count). The van der Waals surface area contributed by atoms with E-state index in [0.717, 1.165) is 29.8 Å². The predicted molar refractivity (Wildman–Crippen MR) is 118 cm³/mol. The first-order valence-electron chi connectivity index (χ1n) is 10.8.